The molecule has 2 N–H and O–H groups in total. The maximum Gasteiger partial charge on any atom is 0.335 e. The highest BCUT2D eigenvalue weighted by molar-refractivity contribution is 5.89. The van der Waals surface area contributed by atoms with Crippen molar-refractivity contribution in [3.05, 3.63) is 29.3 Å². The number of phenols is 1. The van der Waals surface area contributed by atoms with Crippen LogP contribution in [-0.4, -0.2) is 16.2 Å². The van der Waals surface area contributed by atoms with Gasteiger partial charge in [-0.2, -0.15) is 0 Å². The molecule has 1 aromatic carbocycles. The van der Waals surface area contributed by atoms with Gasteiger partial charge in [-0.3, -0.25) is 0 Å². The van der Waals surface area contributed by atoms with E-state index in [0.717, 1.165) is 24.8 Å². The van der Waals surface area contributed by atoms with Crippen LogP contribution in [-0.2, 0) is 6.42 Å². The predicted molar refractivity (Wildman–Crippen MR) is 95.2 cm³/mol. The van der Waals surface area contributed by atoms with E-state index in [0.29, 0.717) is 5.56 Å². The zero-order chi connectivity index (χ0) is 16.9. The summed E-state index contributed by atoms with van der Waals surface area (Å²) in [6, 6.07) is 4.51. The van der Waals surface area contributed by atoms with Crippen molar-refractivity contribution in [1.82, 2.24) is 0 Å². The van der Waals surface area contributed by atoms with Gasteiger partial charge in [0, 0.05) is 0 Å². The molecule has 0 aliphatic carbocycles. The minimum Gasteiger partial charge on any atom is -0.508 e. The highest BCUT2D eigenvalue weighted by Gasteiger charge is 2.10. The van der Waals surface area contributed by atoms with Crippen molar-refractivity contribution >= 4 is 5.97 Å². The molecule has 0 amide bonds. The lowest BCUT2D eigenvalue weighted by Gasteiger charge is -2.07. The lowest BCUT2D eigenvalue weighted by molar-refractivity contribution is 0.0695. The summed E-state index contributed by atoms with van der Waals surface area (Å²) >= 11 is 0. The number of carboxylic acid groups (broad SMARTS) is 1. The molecule has 0 fully saturated rings. The van der Waals surface area contributed by atoms with Crippen LogP contribution in [0.5, 0.6) is 5.75 Å². The summed E-state index contributed by atoms with van der Waals surface area (Å²) in [5.41, 5.74) is 1.06. The molecule has 3 nitrogen and oxygen atoms in total. The van der Waals surface area contributed by atoms with E-state index < -0.39 is 5.97 Å². The third-order valence-electron chi connectivity index (χ3n) is 4.37. The fourth-order valence-electron chi connectivity index (χ4n) is 2.98. The molecule has 0 saturated heterocycles. The van der Waals surface area contributed by atoms with Gasteiger partial charge in [0.1, 0.15) is 5.75 Å². The molecule has 3 heteroatoms. The molecule has 0 radical (unpaired) electrons. The van der Waals surface area contributed by atoms with Crippen LogP contribution in [0.3, 0.4) is 0 Å². The minimum absolute atomic E-state index is 0.146. The van der Waals surface area contributed by atoms with E-state index in [2.05, 4.69) is 6.92 Å². The molecule has 1 aromatic rings. The first-order valence-electron chi connectivity index (χ1n) is 9.20. The summed E-state index contributed by atoms with van der Waals surface area (Å²) in [5, 5.41) is 18.7. The number of hydrogen-bond acceptors (Lipinski definition) is 2. The summed E-state index contributed by atoms with van der Waals surface area (Å²) in [4.78, 5) is 11.2. The van der Waals surface area contributed by atoms with Gasteiger partial charge < -0.3 is 10.2 Å². The normalized spacial score (nSPS) is 10.8. The molecule has 23 heavy (non-hydrogen) atoms. The van der Waals surface area contributed by atoms with Crippen LogP contribution < -0.4 is 0 Å². The van der Waals surface area contributed by atoms with Crippen LogP contribution in [0.25, 0.3) is 0 Å². The second-order valence-corrected chi connectivity index (χ2v) is 6.43. The Balaban J connectivity index is 2.09. The second-order valence-electron chi connectivity index (χ2n) is 6.43. The summed E-state index contributed by atoms with van der Waals surface area (Å²) < 4.78 is 0. The van der Waals surface area contributed by atoms with Gasteiger partial charge in [-0.1, -0.05) is 71.1 Å². The van der Waals surface area contributed by atoms with Crippen LogP contribution >= 0.6 is 0 Å². The van der Waals surface area contributed by atoms with Crippen molar-refractivity contribution in [2.75, 3.05) is 0 Å². The van der Waals surface area contributed by atoms with Crippen molar-refractivity contribution in [2.24, 2.45) is 0 Å². The highest BCUT2D eigenvalue weighted by Crippen LogP contribution is 2.20. The topological polar surface area (TPSA) is 57.5 Å². The molecule has 0 saturated carbocycles. The number of aryl methyl sites for hydroxylation is 1. The summed E-state index contributed by atoms with van der Waals surface area (Å²) in [6.45, 7) is 2.25. The zero-order valence-electron chi connectivity index (χ0n) is 14.5. The number of carbonyl (C=O) groups is 1. The largest absolute Gasteiger partial charge is 0.508 e. The Morgan fingerprint density at radius 3 is 1.91 bits per heavy atom. The third-order valence-corrected chi connectivity index (χ3v) is 4.37. The van der Waals surface area contributed by atoms with Gasteiger partial charge >= 0.3 is 5.97 Å². The van der Waals surface area contributed by atoms with Crippen LogP contribution in [0.2, 0.25) is 0 Å². The Kier molecular flexibility index (Phi) is 10.2. The van der Waals surface area contributed by atoms with Crippen molar-refractivity contribution in [1.29, 1.82) is 0 Å². The van der Waals surface area contributed by atoms with Gasteiger partial charge in [-0.25, -0.2) is 4.79 Å². The van der Waals surface area contributed by atoms with Gasteiger partial charge in [0.2, 0.25) is 0 Å². The quantitative estimate of drug-likeness (QED) is 0.442. The lowest BCUT2D eigenvalue weighted by atomic mass is 9.99. The molecule has 0 aromatic heterocycles. The molecule has 1 rings (SSSR count). The molecule has 0 atom stereocenters. The van der Waals surface area contributed by atoms with Crippen LogP contribution in [0.1, 0.15) is 93.5 Å². The van der Waals surface area contributed by atoms with Gasteiger partial charge in [0.25, 0.3) is 0 Å². The SMILES string of the molecule is CCCCCCCCCCCCCc1cc(O)ccc1C(=O)O. The smallest absolute Gasteiger partial charge is 0.335 e. The minimum atomic E-state index is -0.914. The maximum absolute atomic E-state index is 11.2. The Morgan fingerprint density at radius 2 is 1.39 bits per heavy atom. The van der Waals surface area contributed by atoms with E-state index in [1.165, 1.54) is 69.9 Å². The zero-order valence-corrected chi connectivity index (χ0v) is 14.5. The number of rotatable bonds is 13. The Bertz CT molecular complexity index is 454. The van der Waals surface area contributed by atoms with E-state index in [4.69, 9.17) is 5.11 Å². The second kappa shape index (κ2) is 12.0. The van der Waals surface area contributed by atoms with Crippen molar-refractivity contribution in [3.8, 4) is 5.75 Å². The highest BCUT2D eigenvalue weighted by atomic mass is 16.4. The number of aromatic hydroxyl groups is 1. The van der Waals surface area contributed by atoms with Crippen LogP contribution in [0.15, 0.2) is 18.2 Å². The first-order valence-corrected chi connectivity index (χ1v) is 9.20. The molecule has 0 heterocycles. The number of unbranched alkanes of at least 4 members (excludes halogenated alkanes) is 10. The average Bonchev–Trinajstić information content (AvgIpc) is 2.52. The maximum atomic E-state index is 11.2. The molecule has 130 valence electrons. The molecular formula is C20H32O3. The van der Waals surface area contributed by atoms with E-state index in [9.17, 15) is 9.90 Å². The van der Waals surface area contributed by atoms with Crippen molar-refractivity contribution in [2.45, 2.75) is 84.0 Å². The number of benzene rings is 1. The molecule has 0 aliphatic heterocycles. The number of phenolic OH excluding ortho intramolecular Hbond substituents is 1. The molecule has 0 spiro atoms. The molecular weight excluding hydrogens is 288 g/mol. The number of hydrogen-bond donors (Lipinski definition) is 2. The fourth-order valence-corrected chi connectivity index (χ4v) is 2.98. The average molecular weight is 320 g/mol. The predicted octanol–water partition coefficient (Wildman–Crippen LogP) is 5.94. The number of aromatic carboxylic acids is 1. The Morgan fingerprint density at radius 1 is 0.870 bits per heavy atom. The monoisotopic (exact) mass is 320 g/mol. The van der Waals surface area contributed by atoms with E-state index in [1.807, 2.05) is 0 Å². The fraction of sp³-hybridized carbons (Fsp3) is 0.650. The van der Waals surface area contributed by atoms with E-state index >= 15 is 0 Å². The van der Waals surface area contributed by atoms with Gasteiger partial charge in [0.15, 0.2) is 0 Å². The molecule has 0 aliphatic rings. The number of carboxylic acids is 1. The summed E-state index contributed by atoms with van der Waals surface area (Å²) in [5.74, 6) is -0.767. The van der Waals surface area contributed by atoms with Gasteiger partial charge in [0.05, 0.1) is 5.56 Å². The van der Waals surface area contributed by atoms with E-state index in [-0.39, 0.29) is 5.75 Å². The summed E-state index contributed by atoms with van der Waals surface area (Å²) in [7, 11) is 0. The van der Waals surface area contributed by atoms with Crippen molar-refractivity contribution in [3.63, 3.8) is 0 Å². The van der Waals surface area contributed by atoms with E-state index in [1.54, 1.807) is 6.07 Å². The van der Waals surface area contributed by atoms with Gasteiger partial charge in [-0.15, -0.1) is 0 Å². The summed E-state index contributed by atoms with van der Waals surface area (Å²) in [6.07, 6.45) is 14.8. The van der Waals surface area contributed by atoms with Gasteiger partial charge in [-0.05, 0) is 36.6 Å². The molecule has 0 bridgehead atoms. The standard InChI is InChI=1S/C20H32O3/c1-2-3-4-5-6-7-8-9-10-11-12-13-17-16-18(21)14-15-19(17)20(22)23/h14-16,21H,2-13H2,1H3,(H,22,23). The van der Waals surface area contributed by atoms with Crippen LogP contribution in [0.4, 0.5) is 0 Å². The third kappa shape index (κ3) is 8.63. The first kappa shape index (κ1) is 19.5. The van der Waals surface area contributed by atoms with Crippen molar-refractivity contribution < 1.29 is 15.0 Å². The Labute approximate surface area is 140 Å². The van der Waals surface area contributed by atoms with Crippen LogP contribution in [0, 0.1) is 0 Å². The Hall–Kier alpha value is -1.51. The molecule has 0 unspecified atom stereocenters. The lowest BCUT2D eigenvalue weighted by Crippen LogP contribution is -2.02. The first-order chi connectivity index (χ1) is 11.1.